The van der Waals surface area contributed by atoms with Crippen molar-refractivity contribution < 1.29 is 0 Å². The van der Waals surface area contributed by atoms with E-state index in [1.54, 1.807) is 0 Å². The van der Waals surface area contributed by atoms with E-state index in [2.05, 4.69) is 35.7 Å². The van der Waals surface area contributed by atoms with Crippen LogP contribution in [0.3, 0.4) is 0 Å². The Hall–Kier alpha value is -1.33. The highest BCUT2D eigenvalue weighted by Gasteiger charge is 2.48. The van der Waals surface area contributed by atoms with Crippen LogP contribution in [0.1, 0.15) is 44.2 Å². The van der Waals surface area contributed by atoms with Crippen LogP contribution >= 0.6 is 0 Å². The lowest BCUT2D eigenvalue weighted by atomic mass is 9.59. The summed E-state index contributed by atoms with van der Waals surface area (Å²) in [6.45, 7) is 14.7. The highest BCUT2D eigenvalue weighted by Crippen LogP contribution is 2.50. The monoisotopic (exact) mass is 280 g/mol. The SMILES string of the molecule is [C-]#[N+]c1ccc2c(c1)[C@@]1(C)CCN(CC3CC3)C(C2)[C@@H]1C. The van der Waals surface area contributed by atoms with E-state index in [0.29, 0.717) is 12.0 Å². The maximum atomic E-state index is 7.28. The molecule has 1 aliphatic heterocycles. The number of rotatable bonds is 2. The number of piperidine rings is 1. The van der Waals surface area contributed by atoms with Crippen LogP contribution in [0.25, 0.3) is 4.85 Å². The molecule has 0 aromatic heterocycles. The Labute approximate surface area is 128 Å². The van der Waals surface area contributed by atoms with Crippen LogP contribution in [0.2, 0.25) is 0 Å². The van der Waals surface area contributed by atoms with E-state index < -0.39 is 0 Å². The first kappa shape index (κ1) is 13.3. The zero-order chi connectivity index (χ0) is 14.6. The van der Waals surface area contributed by atoms with Gasteiger partial charge in [-0.1, -0.05) is 32.0 Å². The van der Waals surface area contributed by atoms with Crippen LogP contribution in [0.15, 0.2) is 18.2 Å². The summed E-state index contributed by atoms with van der Waals surface area (Å²) in [5.41, 5.74) is 4.03. The number of likely N-dealkylation sites (tertiary alicyclic amines) is 1. The molecule has 0 N–H and O–H groups in total. The molecule has 110 valence electrons. The summed E-state index contributed by atoms with van der Waals surface area (Å²) in [4.78, 5) is 6.42. The third kappa shape index (κ3) is 2.02. The third-order valence-corrected chi connectivity index (χ3v) is 6.43. The van der Waals surface area contributed by atoms with Crippen molar-refractivity contribution >= 4 is 5.69 Å². The smallest absolute Gasteiger partial charge is 0.187 e. The van der Waals surface area contributed by atoms with Crippen LogP contribution in [0, 0.1) is 18.4 Å². The van der Waals surface area contributed by atoms with Crippen LogP contribution in [-0.2, 0) is 11.8 Å². The van der Waals surface area contributed by atoms with E-state index in [1.165, 1.54) is 49.9 Å². The molecule has 2 fully saturated rings. The van der Waals surface area contributed by atoms with Crippen molar-refractivity contribution in [1.82, 2.24) is 4.90 Å². The lowest BCUT2D eigenvalue weighted by Crippen LogP contribution is -2.58. The summed E-state index contributed by atoms with van der Waals surface area (Å²) in [7, 11) is 0. The van der Waals surface area contributed by atoms with Gasteiger partial charge in [-0.2, -0.15) is 0 Å². The lowest BCUT2D eigenvalue weighted by Gasteiger charge is -2.55. The molecule has 3 atom stereocenters. The molecule has 1 aromatic rings. The zero-order valence-electron chi connectivity index (χ0n) is 13.1. The number of nitrogens with zero attached hydrogens (tertiary/aromatic N) is 2. The van der Waals surface area contributed by atoms with E-state index in [-0.39, 0.29) is 5.41 Å². The Balaban J connectivity index is 1.72. The van der Waals surface area contributed by atoms with E-state index in [9.17, 15) is 0 Å². The summed E-state index contributed by atoms with van der Waals surface area (Å²) in [5, 5.41) is 0. The van der Waals surface area contributed by atoms with Crippen LogP contribution < -0.4 is 0 Å². The Morgan fingerprint density at radius 3 is 2.90 bits per heavy atom. The topological polar surface area (TPSA) is 7.60 Å². The zero-order valence-corrected chi connectivity index (χ0v) is 13.1. The summed E-state index contributed by atoms with van der Waals surface area (Å²) >= 11 is 0. The Kier molecular flexibility index (Phi) is 2.91. The lowest BCUT2D eigenvalue weighted by molar-refractivity contribution is 0.0285. The fourth-order valence-corrected chi connectivity index (χ4v) is 4.62. The maximum absolute atomic E-state index is 7.28. The van der Waals surface area contributed by atoms with Gasteiger partial charge in [0.1, 0.15) is 0 Å². The van der Waals surface area contributed by atoms with Gasteiger partial charge in [0.15, 0.2) is 5.69 Å². The minimum atomic E-state index is 0.263. The first-order valence-corrected chi connectivity index (χ1v) is 8.37. The summed E-state index contributed by atoms with van der Waals surface area (Å²) in [5.74, 6) is 1.67. The normalized spacial score (nSPS) is 35.1. The Bertz CT molecular complexity index is 610. The van der Waals surface area contributed by atoms with E-state index in [1.807, 2.05) is 6.07 Å². The molecule has 0 spiro atoms. The summed E-state index contributed by atoms with van der Waals surface area (Å²) < 4.78 is 0. The molecule has 1 aromatic carbocycles. The quantitative estimate of drug-likeness (QED) is 0.738. The standard InChI is InChI=1S/C19H24N2/c1-13-18-10-15-6-7-16(20-3)11-17(15)19(13,2)8-9-21(18)12-14-4-5-14/h6-7,11,13-14,18H,4-5,8-10,12H2,1-2H3/t13-,18?,19-/m0/s1. The number of hydrogen-bond acceptors (Lipinski definition) is 1. The van der Waals surface area contributed by atoms with Gasteiger partial charge in [-0.3, -0.25) is 4.90 Å². The fraction of sp³-hybridized carbons (Fsp3) is 0.632. The van der Waals surface area contributed by atoms with E-state index in [4.69, 9.17) is 6.57 Å². The second-order valence-electron chi connectivity index (χ2n) is 7.62. The third-order valence-electron chi connectivity index (χ3n) is 6.43. The number of benzene rings is 1. The highest BCUT2D eigenvalue weighted by molar-refractivity contribution is 5.53. The van der Waals surface area contributed by atoms with Crippen molar-refractivity contribution in [1.29, 1.82) is 0 Å². The van der Waals surface area contributed by atoms with Gasteiger partial charge in [0, 0.05) is 12.6 Å². The molecule has 1 unspecified atom stereocenters. The highest BCUT2D eigenvalue weighted by atomic mass is 15.2. The van der Waals surface area contributed by atoms with Crippen molar-refractivity contribution in [2.75, 3.05) is 13.1 Å². The second-order valence-corrected chi connectivity index (χ2v) is 7.62. The minimum absolute atomic E-state index is 0.263. The molecule has 1 heterocycles. The fourth-order valence-electron chi connectivity index (χ4n) is 4.62. The summed E-state index contributed by atoms with van der Waals surface area (Å²) in [6.07, 6.45) is 5.31. The van der Waals surface area contributed by atoms with Crippen LogP contribution in [-0.4, -0.2) is 24.0 Å². The Morgan fingerprint density at radius 1 is 1.38 bits per heavy atom. The molecule has 3 aliphatic rings. The van der Waals surface area contributed by atoms with Crippen molar-refractivity contribution in [2.24, 2.45) is 11.8 Å². The van der Waals surface area contributed by atoms with Crippen LogP contribution in [0.5, 0.6) is 0 Å². The average Bonchev–Trinajstić information content (AvgIpc) is 3.30. The number of fused-ring (bicyclic) bond motifs is 4. The molecule has 2 aliphatic carbocycles. The number of hydrogen-bond donors (Lipinski definition) is 0. The Morgan fingerprint density at radius 2 is 2.19 bits per heavy atom. The van der Waals surface area contributed by atoms with Gasteiger partial charge in [0.2, 0.25) is 0 Å². The molecular weight excluding hydrogens is 256 g/mol. The second kappa shape index (κ2) is 4.58. The van der Waals surface area contributed by atoms with Crippen molar-refractivity contribution in [3.63, 3.8) is 0 Å². The molecular formula is C19H24N2. The molecule has 2 heteroatoms. The largest absolute Gasteiger partial charge is 0.299 e. The maximum Gasteiger partial charge on any atom is 0.187 e. The van der Waals surface area contributed by atoms with Gasteiger partial charge in [0.25, 0.3) is 0 Å². The molecule has 0 radical (unpaired) electrons. The molecule has 2 bridgehead atoms. The molecule has 21 heavy (non-hydrogen) atoms. The van der Waals surface area contributed by atoms with Gasteiger partial charge in [-0.25, -0.2) is 4.85 Å². The van der Waals surface area contributed by atoms with Gasteiger partial charge in [-0.15, -0.1) is 0 Å². The predicted molar refractivity (Wildman–Crippen MR) is 85.6 cm³/mol. The van der Waals surface area contributed by atoms with Crippen molar-refractivity contribution in [3.8, 4) is 0 Å². The predicted octanol–water partition coefficient (Wildman–Crippen LogP) is 4.17. The van der Waals surface area contributed by atoms with Gasteiger partial charge >= 0.3 is 0 Å². The molecule has 1 saturated carbocycles. The van der Waals surface area contributed by atoms with Gasteiger partial charge in [0.05, 0.1) is 6.57 Å². The van der Waals surface area contributed by atoms with Gasteiger partial charge in [-0.05, 0) is 60.6 Å². The van der Waals surface area contributed by atoms with Crippen molar-refractivity contribution in [2.45, 2.75) is 51.0 Å². The first-order chi connectivity index (χ1) is 10.1. The van der Waals surface area contributed by atoms with Crippen LogP contribution in [0.4, 0.5) is 5.69 Å². The molecule has 2 nitrogen and oxygen atoms in total. The first-order valence-electron chi connectivity index (χ1n) is 8.37. The van der Waals surface area contributed by atoms with E-state index >= 15 is 0 Å². The van der Waals surface area contributed by atoms with Gasteiger partial charge < -0.3 is 0 Å². The molecule has 0 amide bonds. The van der Waals surface area contributed by atoms with Crippen molar-refractivity contribution in [3.05, 3.63) is 40.7 Å². The summed E-state index contributed by atoms with van der Waals surface area (Å²) in [6, 6.07) is 7.11. The van der Waals surface area contributed by atoms with E-state index in [0.717, 1.165) is 11.6 Å². The molecule has 4 rings (SSSR count). The average molecular weight is 280 g/mol. The molecule has 1 saturated heterocycles. The minimum Gasteiger partial charge on any atom is -0.299 e.